The van der Waals surface area contributed by atoms with Crippen LogP contribution in [0.15, 0.2) is 47.6 Å². The van der Waals surface area contributed by atoms with E-state index in [9.17, 15) is 0 Å². The number of aryl methyl sites for hydroxylation is 2. The standard InChI is InChI=1S/C24H29ClN4OS2.2C2H6/c1-16-9-17(2)11-18(10-16)13-29-8-7-22(24(3,4)14-29)30-21-6-5-19(12-20(21)25)31-28-23-26-15-27-32-23;2*1-2/h5-6,9-12,15,22H,7-8,13-14H2,1-4H3,(H,26,27,28);2*1-2H3. The van der Waals surface area contributed by atoms with Gasteiger partial charge in [0.25, 0.3) is 0 Å². The van der Waals surface area contributed by atoms with Gasteiger partial charge in [0, 0.05) is 41.5 Å². The van der Waals surface area contributed by atoms with Crippen molar-refractivity contribution in [3.05, 3.63) is 64.4 Å². The van der Waals surface area contributed by atoms with E-state index in [1.807, 2.05) is 45.9 Å². The summed E-state index contributed by atoms with van der Waals surface area (Å²) in [7, 11) is 0. The van der Waals surface area contributed by atoms with Crippen LogP contribution in [0.4, 0.5) is 5.13 Å². The van der Waals surface area contributed by atoms with Gasteiger partial charge in [0.1, 0.15) is 18.2 Å². The second-order valence-corrected chi connectivity index (χ2v) is 11.2. The minimum Gasteiger partial charge on any atom is -0.488 e. The Morgan fingerprint density at radius 1 is 1.11 bits per heavy atom. The molecule has 1 unspecified atom stereocenters. The summed E-state index contributed by atoms with van der Waals surface area (Å²) in [6, 6.07) is 12.7. The average Bonchev–Trinajstić information content (AvgIpc) is 3.36. The first-order valence-corrected chi connectivity index (χ1v) is 14.7. The summed E-state index contributed by atoms with van der Waals surface area (Å²) in [5.74, 6) is 0.743. The number of nitrogens with one attached hydrogen (secondary N) is 1. The Morgan fingerprint density at radius 3 is 2.39 bits per heavy atom. The number of likely N-dealkylation sites (tertiary alicyclic amines) is 1. The number of anilines is 1. The second kappa shape index (κ2) is 14.8. The van der Waals surface area contributed by atoms with Gasteiger partial charge < -0.3 is 9.46 Å². The van der Waals surface area contributed by atoms with Gasteiger partial charge >= 0.3 is 0 Å². The van der Waals surface area contributed by atoms with E-state index in [0.717, 1.165) is 41.8 Å². The summed E-state index contributed by atoms with van der Waals surface area (Å²) < 4.78 is 13.6. The van der Waals surface area contributed by atoms with Gasteiger partial charge in [-0.05, 0) is 56.0 Å². The number of hydrogen-bond acceptors (Lipinski definition) is 7. The number of aromatic nitrogens is 2. The quantitative estimate of drug-likeness (QED) is 0.298. The van der Waals surface area contributed by atoms with Crippen LogP contribution in [0.2, 0.25) is 5.02 Å². The molecule has 0 spiro atoms. The Hall–Kier alpha value is -1.80. The van der Waals surface area contributed by atoms with Gasteiger partial charge in [-0.2, -0.15) is 4.37 Å². The molecule has 2 heterocycles. The smallest absolute Gasteiger partial charge is 0.212 e. The van der Waals surface area contributed by atoms with E-state index in [0.29, 0.717) is 5.02 Å². The minimum absolute atomic E-state index is 0.0211. The van der Waals surface area contributed by atoms with Gasteiger partial charge in [0.2, 0.25) is 5.13 Å². The third-order valence-electron chi connectivity index (χ3n) is 5.69. The van der Waals surface area contributed by atoms with Crippen LogP contribution in [0.1, 0.15) is 64.7 Å². The maximum Gasteiger partial charge on any atom is 0.212 e. The Balaban J connectivity index is 0.00000109. The van der Waals surface area contributed by atoms with Crippen molar-refractivity contribution in [2.24, 2.45) is 5.41 Å². The topological polar surface area (TPSA) is 50.3 Å². The molecule has 1 aromatic heterocycles. The number of benzene rings is 2. The third-order valence-corrected chi connectivity index (χ3v) is 7.48. The number of ether oxygens (including phenoxy) is 1. The maximum atomic E-state index is 6.57. The molecule has 8 heteroatoms. The molecule has 3 aromatic rings. The predicted octanol–water partition coefficient (Wildman–Crippen LogP) is 8.66. The van der Waals surface area contributed by atoms with Gasteiger partial charge in [-0.3, -0.25) is 4.90 Å². The van der Waals surface area contributed by atoms with Gasteiger partial charge in [-0.1, -0.05) is 82.5 Å². The molecular formula is C28H41ClN4OS2. The number of halogens is 1. The van der Waals surface area contributed by atoms with Gasteiger partial charge in [-0.25, -0.2) is 4.98 Å². The van der Waals surface area contributed by atoms with Crippen molar-refractivity contribution in [1.82, 2.24) is 14.3 Å². The van der Waals surface area contributed by atoms with Crippen LogP contribution in [0, 0.1) is 19.3 Å². The summed E-state index contributed by atoms with van der Waals surface area (Å²) in [4.78, 5) is 7.66. The number of rotatable bonds is 7. The number of hydrogen-bond donors (Lipinski definition) is 1. The number of nitrogens with zero attached hydrogens (tertiary/aromatic N) is 3. The Kier molecular flexibility index (Phi) is 12.5. The largest absolute Gasteiger partial charge is 0.488 e. The van der Waals surface area contributed by atoms with Crippen molar-refractivity contribution in [2.45, 2.75) is 79.4 Å². The lowest BCUT2D eigenvalue weighted by Gasteiger charge is -2.44. The predicted molar refractivity (Wildman–Crippen MR) is 158 cm³/mol. The van der Waals surface area contributed by atoms with Crippen LogP contribution >= 0.6 is 35.1 Å². The van der Waals surface area contributed by atoms with Crippen LogP contribution in [0.5, 0.6) is 5.75 Å². The highest BCUT2D eigenvalue weighted by Gasteiger charge is 2.37. The third kappa shape index (κ3) is 8.94. The van der Waals surface area contributed by atoms with Gasteiger partial charge in [0.15, 0.2) is 0 Å². The molecule has 1 saturated heterocycles. The van der Waals surface area contributed by atoms with E-state index in [-0.39, 0.29) is 11.5 Å². The molecule has 4 rings (SSSR count). The minimum atomic E-state index is 0.0211. The SMILES string of the molecule is CC.CC.Cc1cc(C)cc(CN2CCC(Oc3ccc(SNc4ncns4)cc3Cl)C(C)(C)C2)c1. The first kappa shape index (κ1) is 30.4. The summed E-state index contributed by atoms with van der Waals surface area (Å²) in [6.45, 7) is 19.9. The second-order valence-electron chi connectivity index (χ2n) is 9.13. The fourth-order valence-corrected chi connectivity index (χ4v) is 5.76. The summed E-state index contributed by atoms with van der Waals surface area (Å²) in [5.41, 5.74) is 4.06. The molecule has 36 heavy (non-hydrogen) atoms. The van der Waals surface area contributed by atoms with E-state index >= 15 is 0 Å². The highest BCUT2D eigenvalue weighted by molar-refractivity contribution is 8.00. The highest BCUT2D eigenvalue weighted by atomic mass is 35.5. The molecule has 0 saturated carbocycles. The van der Waals surface area contributed by atoms with E-state index < -0.39 is 0 Å². The van der Waals surface area contributed by atoms with Crippen LogP contribution in [0.25, 0.3) is 0 Å². The van der Waals surface area contributed by atoms with Crippen molar-refractivity contribution in [2.75, 3.05) is 17.8 Å². The van der Waals surface area contributed by atoms with Gasteiger partial charge in [0.05, 0.1) is 5.02 Å². The zero-order valence-corrected chi connectivity index (χ0v) is 25.3. The van der Waals surface area contributed by atoms with Gasteiger partial charge in [-0.15, -0.1) is 0 Å². The van der Waals surface area contributed by atoms with E-state index in [1.54, 1.807) is 0 Å². The van der Waals surface area contributed by atoms with E-state index in [1.165, 1.54) is 46.5 Å². The van der Waals surface area contributed by atoms with Crippen LogP contribution < -0.4 is 9.46 Å². The summed E-state index contributed by atoms with van der Waals surface area (Å²) in [5, 5.41) is 1.39. The molecule has 1 fully saturated rings. The van der Waals surface area contributed by atoms with Crippen LogP contribution in [-0.2, 0) is 6.54 Å². The average molecular weight is 549 g/mol. The summed E-state index contributed by atoms with van der Waals surface area (Å²) >= 11 is 9.35. The van der Waals surface area contributed by atoms with Crippen molar-refractivity contribution < 1.29 is 4.74 Å². The molecule has 0 aliphatic carbocycles. The molecule has 1 aliphatic heterocycles. The van der Waals surface area contributed by atoms with Crippen molar-refractivity contribution in [3.8, 4) is 5.75 Å². The Labute approximate surface area is 231 Å². The molecular weight excluding hydrogens is 508 g/mol. The highest BCUT2D eigenvalue weighted by Crippen LogP contribution is 2.37. The Morgan fingerprint density at radius 2 is 1.81 bits per heavy atom. The number of piperidine rings is 1. The zero-order chi connectivity index (χ0) is 26.7. The van der Waals surface area contributed by atoms with Crippen LogP contribution in [0.3, 0.4) is 0 Å². The molecule has 1 atom stereocenters. The molecule has 0 bridgehead atoms. The van der Waals surface area contributed by atoms with E-state index in [4.69, 9.17) is 16.3 Å². The summed E-state index contributed by atoms with van der Waals surface area (Å²) in [6.07, 6.45) is 2.63. The first-order chi connectivity index (χ1) is 17.3. The lowest BCUT2D eigenvalue weighted by molar-refractivity contribution is -0.0112. The van der Waals surface area contributed by atoms with Crippen molar-refractivity contribution in [3.63, 3.8) is 0 Å². The lowest BCUT2D eigenvalue weighted by Crippen LogP contribution is -2.50. The fourth-order valence-electron chi connectivity index (χ4n) is 4.33. The monoisotopic (exact) mass is 548 g/mol. The fraction of sp³-hybridized carbons (Fsp3) is 0.500. The first-order valence-electron chi connectivity index (χ1n) is 12.7. The Bertz CT molecular complexity index is 1040. The molecule has 1 aliphatic rings. The molecule has 198 valence electrons. The maximum absolute atomic E-state index is 6.57. The molecule has 5 nitrogen and oxygen atoms in total. The van der Waals surface area contributed by atoms with E-state index in [2.05, 4.69) is 64.9 Å². The normalized spacial score (nSPS) is 16.8. The molecule has 0 amide bonds. The molecule has 1 N–H and O–H groups in total. The van der Waals surface area contributed by atoms with Crippen molar-refractivity contribution in [1.29, 1.82) is 0 Å². The van der Waals surface area contributed by atoms with Crippen LogP contribution in [-0.4, -0.2) is 33.5 Å². The lowest BCUT2D eigenvalue weighted by atomic mass is 9.81. The zero-order valence-electron chi connectivity index (χ0n) is 22.9. The van der Waals surface area contributed by atoms with Crippen molar-refractivity contribution >= 4 is 40.2 Å². The molecule has 0 radical (unpaired) electrons. The molecule has 2 aromatic carbocycles.